The van der Waals surface area contributed by atoms with Gasteiger partial charge in [0.1, 0.15) is 6.10 Å². The van der Waals surface area contributed by atoms with Crippen molar-refractivity contribution in [3.8, 4) is 0 Å². The molecule has 0 radical (unpaired) electrons. The molecule has 0 heterocycles. The van der Waals surface area contributed by atoms with Crippen molar-refractivity contribution in [1.29, 1.82) is 0 Å². The fourth-order valence-corrected chi connectivity index (χ4v) is 8.89. The van der Waals surface area contributed by atoms with Gasteiger partial charge in [0.2, 0.25) is 0 Å². The summed E-state index contributed by atoms with van der Waals surface area (Å²) in [6.45, 7) is 4.44. The van der Waals surface area contributed by atoms with Gasteiger partial charge in [-0.3, -0.25) is 0 Å². The molecular formula is C30H35O2P. The molecule has 1 aliphatic rings. The van der Waals surface area contributed by atoms with E-state index < -0.39 is 6.89 Å². The van der Waals surface area contributed by atoms with E-state index in [-0.39, 0.29) is 12.1 Å². The number of rotatable bonds is 6. The van der Waals surface area contributed by atoms with Crippen LogP contribution in [0, 0.1) is 17.8 Å². The van der Waals surface area contributed by atoms with E-state index in [1.54, 1.807) is 0 Å². The monoisotopic (exact) mass is 458 g/mol. The van der Waals surface area contributed by atoms with Crippen LogP contribution in [0.4, 0.5) is 0 Å². The molecule has 3 atom stereocenters. The minimum atomic E-state index is -2.34. The molecule has 0 amide bonds. The third kappa shape index (κ3) is 5.17. The third-order valence-corrected chi connectivity index (χ3v) is 11.0. The van der Waals surface area contributed by atoms with E-state index in [9.17, 15) is 4.79 Å². The molecule has 3 aromatic rings. The van der Waals surface area contributed by atoms with Gasteiger partial charge in [-0.05, 0) is 53.4 Å². The van der Waals surface area contributed by atoms with Gasteiger partial charge in [0, 0.05) is 5.80 Å². The highest BCUT2D eigenvalue weighted by Crippen LogP contribution is 2.44. The molecule has 2 nitrogen and oxygen atoms in total. The molecule has 0 aromatic heterocycles. The Kier molecular flexibility index (Phi) is 7.56. The summed E-state index contributed by atoms with van der Waals surface area (Å²) in [5, 5.41) is 3.49. The lowest BCUT2D eigenvalue weighted by Crippen LogP contribution is -2.37. The van der Waals surface area contributed by atoms with Crippen LogP contribution in [0.5, 0.6) is 0 Å². The highest BCUT2D eigenvalue weighted by atomic mass is 31.2. The van der Waals surface area contributed by atoms with Crippen molar-refractivity contribution in [2.24, 2.45) is 17.8 Å². The van der Waals surface area contributed by atoms with Gasteiger partial charge in [0.25, 0.3) is 0 Å². The summed E-state index contributed by atoms with van der Waals surface area (Å²) in [5.41, 5.74) is 0. The first-order valence-corrected chi connectivity index (χ1v) is 14.0. The molecule has 0 aliphatic heterocycles. The lowest BCUT2D eigenvalue weighted by molar-refractivity contribution is -0.146. The van der Waals surface area contributed by atoms with E-state index in [0.717, 1.165) is 28.8 Å². The minimum Gasteiger partial charge on any atom is -0.459 e. The molecule has 4 rings (SSSR count). The predicted octanol–water partition coefficient (Wildman–Crippen LogP) is 5.79. The van der Waals surface area contributed by atoms with Crippen LogP contribution in [-0.4, -0.2) is 17.9 Å². The van der Waals surface area contributed by atoms with E-state index >= 15 is 0 Å². The van der Waals surface area contributed by atoms with Gasteiger partial charge in [0.05, 0.1) is 0 Å². The molecular weight excluding hydrogens is 423 g/mol. The minimum absolute atomic E-state index is 0.0123. The zero-order chi connectivity index (χ0) is 23.3. The van der Waals surface area contributed by atoms with Gasteiger partial charge >= 0.3 is 5.97 Å². The Hall–Kier alpha value is -2.57. The topological polar surface area (TPSA) is 26.3 Å². The van der Waals surface area contributed by atoms with Crippen LogP contribution >= 0.6 is 6.89 Å². The SMILES string of the molecule is CC1CCC(C(C)C)C(OC(=O)C=P(c2ccccc2)(c2ccccc2)c2ccccc2)C1. The summed E-state index contributed by atoms with van der Waals surface area (Å²) in [5.74, 6) is 3.26. The van der Waals surface area contributed by atoms with Gasteiger partial charge in [-0.1, -0.05) is 118 Å². The summed E-state index contributed by atoms with van der Waals surface area (Å²) >= 11 is 0. The molecule has 33 heavy (non-hydrogen) atoms. The van der Waals surface area contributed by atoms with Crippen LogP contribution in [0.25, 0.3) is 0 Å². The first-order valence-electron chi connectivity index (χ1n) is 12.1. The second-order valence-corrected chi connectivity index (χ2v) is 12.9. The molecule has 1 fully saturated rings. The van der Waals surface area contributed by atoms with Crippen LogP contribution in [0.2, 0.25) is 0 Å². The molecule has 0 spiro atoms. The average molecular weight is 459 g/mol. The summed E-state index contributed by atoms with van der Waals surface area (Å²) < 4.78 is 6.29. The second kappa shape index (κ2) is 10.6. The number of ether oxygens (including phenoxy) is 1. The van der Waals surface area contributed by atoms with Crippen LogP contribution in [0.3, 0.4) is 0 Å². The van der Waals surface area contributed by atoms with Crippen molar-refractivity contribution in [2.45, 2.75) is 46.1 Å². The predicted molar refractivity (Wildman–Crippen MR) is 142 cm³/mol. The number of esters is 1. The van der Waals surface area contributed by atoms with Crippen molar-refractivity contribution >= 4 is 34.6 Å². The first-order chi connectivity index (χ1) is 16.0. The normalized spacial score (nSPS) is 20.9. The average Bonchev–Trinajstić information content (AvgIpc) is 2.84. The van der Waals surface area contributed by atoms with Gasteiger partial charge in [-0.2, -0.15) is 0 Å². The maximum Gasteiger partial charge on any atom is 0.332 e. The quantitative estimate of drug-likeness (QED) is 0.345. The van der Waals surface area contributed by atoms with Gasteiger partial charge in [-0.15, -0.1) is 0 Å². The molecule has 0 N–H and O–H groups in total. The van der Waals surface area contributed by atoms with Crippen molar-refractivity contribution in [3.63, 3.8) is 0 Å². The van der Waals surface area contributed by atoms with Crippen LogP contribution in [-0.2, 0) is 9.53 Å². The van der Waals surface area contributed by atoms with E-state index in [1.807, 2.05) is 24.0 Å². The highest BCUT2D eigenvalue weighted by Gasteiger charge is 2.34. The largest absolute Gasteiger partial charge is 0.459 e. The summed E-state index contributed by atoms with van der Waals surface area (Å²) in [6, 6.07) is 31.4. The molecule has 3 heteroatoms. The molecule has 0 saturated heterocycles. The Morgan fingerprint density at radius 3 is 1.70 bits per heavy atom. The number of hydrogen-bond acceptors (Lipinski definition) is 2. The number of hydrogen-bond donors (Lipinski definition) is 0. The van der Waals surface area contributed by atoms with Crippen LogP contribution in [0.15, 0.2) is 91.0 Å². The van der Waals surface area contributed by atoms with Gasteiger partial charge in [-0.25, -0.2) is 4.79 Å². The van der Waals surface area contributed by atoms with Gasteiger partial charge in [0.15, 0.2) is 0 Å². The number of carbonyl (C=O) groups is 1. The Bertz CT molecular complexity index is 986. The fraction of sp³-hybridized carbons (Fsp3) is 0.333. The Morgan fingerprint density at radius 1 is 0.818 bits per heavy atom. The summed E-state index contributed by atoms with van der Waals surface area (Å²) in [6.07, 6.45) is 3.29. The molecule has 3 unspecified atom stereocenters. The zero-order valence-corrected chi connectivity index (χ0v) is 20.8. The molecule has 172 valence electrons. The number of carbonyl (C=O) groups excluding carboxylic acids is 1. The van der Waals surface area contributed by atoms with E-state index in [0.29, 0.717) is 17.8 Å². The van der Waals surface area contributed by atoms with E-state index in [2.05, 4.69) is 93.6 Å². The van der Waals surface area contributed by atoms with Crippen LogP contribution in [0.1, 0.15) is 40.0 Å². The Labute approximate surface area is 199 Å². The second-order valence-electron chi connectivity index (χ2n) is 9.66. The summed E-state index contributed by atoms with van der Waals surface area (Å²) in [4.78, 5) is 13.7. The maximum atomic E-state index is 13.7. The maximum absolute atomic E-state index is 13.7. The summed E-state index contributed by atoms with van der Waals surface area (Å²) in [7, 11) is 0. The smallest absolute Gasteiger partial charge is 0.332 e. The van der Waals surface area contributed by atoms with Crippen molar-refractivity contribution in [1.82, 2.24) is 0 Å². The lowest BCUT2D eigenvalue weighted by Gasteiger charge is -2.37. The van der Waals surface area contributed by atoms with E-state index in [4.69, 9.17) is 4.74 Å². The van der Waals surface area contributed by atoms with Gasteiger partial charge < -0.3 is 4.74 Å². The molecule has 1 saturated carbocycles. The molecule has 3 aromatic carbocycles. The lowest BCUT2D eigenvalue weighted by atomic mass is 9.75. The van der Waals surface area contributed by atoms with Crippen molar-refractivity contribution < 1.29 is 9.53 Å². The number of benzene rings is 3. The highest BCUT2D eigenvalue weighted by molar-refractivity contribution is 7.95. The Morgan fingerprint density at radius 2 is 1.27 bits per heavy atom. The van der Waals surface area contributed by atoms with Crippen molar-refractivity contribution in [3.05, 3.63) is 91.0 Å². The van der Waals surface area contributed by atoms with Crippen LogP contribution < -0.4 is 15.9 Å². The fourth-order valence-electron chi connectivity index (χ4n) is 5.25. The Balaban J connectivity index is 1.85. The third-order valence-electron chi connectivity index (χ3n) is 7.02. The first kappa shape index (κ1) is 23.6. The molecule has 0 bridgehead atoms. The standard InChI is InChI=1S/C30H35O2P/c1-23(2)28-20-19-24(3)21-29(28)32-30(31)22-33(25-13-7-4-8-14-25,26-15-9-5-10-16-26)27-17-11-6-12-18-27/h4-18,22-24,28-29H,19-21H2,1-3H3. The van der Waals surface area contributed by atoms with E-state index in [1.165, 1.54) is 6.42 Å². The zero-order valence-electron chi connectivity index (χ0n) is 19.9. The van der Waals surface area contributed by atoms with Crippen molar-refractivity contribution in [2.75, 3.05) is 0 Å². The molecule has 1 aliphatic carbocycles.